The summed E-state index contributed by atoms with van der Waals surface area (Å²) in [4.78, 5) is 14.7. The summed E-state index contributed by atoms with van der Waals surface area (Å²) in [5.74, 6) is -0.365. The summed E-state index contributed by atoms with van der Waals surface area (Å²) in [6.07, 6.45) is 3.48. The van der Waals surface area contributed by atoms with Crippen LogP contribution in [0.25, 0.3) is 0 Å². The minimum absolute atomic E-state index is 0.272. The van der Waals surface area contributed by atoms with Crippen LogP contribution in [0.3, 0.4) is 0 Å². The van der Waals surface area contributed by atoms with E-state index in [1.54, 1.807) is 18.3 Å². The van der Waals surface area contributed by atoms with Crippen molar-refractivity contribution in [2.45, 2.75) is 6.61 Å². The van der Waals surface area contributed by atoms with Gasteiger partial charge in [-0.15, -0.1) is 6.58 Å². The van der Waals surface area contributed by atoms with Gasteiger partial charge in [0.25, 0.3) is 0 Å². The molecule has 1 aromatic heterocycles. The summed E-state index contributed by atoms with van der Waals surface area (Å²) in [6, 6.07) is 11.3. The van der Waals surface area contributed by atoms with Gasteiger partial charge in [-0.3, -0.25) is 0 Å². The average Bonchev–Trinajstić information content (AvgIpc) is 2.92. The molecule has 0 aliphatic carbocycles. The molecule has 1 aromatic carbocycles. The number of hydrogen-bond acceptors (Lipinski definition) is 3. The van der Waals surface area contributed by atoms with E-state index in [0.717, 1.165) is 11.3 Å². The highest BCUT2D eigenvalue weighted by Gasteiger charge is 2.09. The van der Waals surface area contributed by atoms with Gasteiger partial charge in [0.15, 0.2) is 0 Å². The smallest absolute Gasteiger partial charge is 0.355 e. The lowest BCUT2D eigenvalue weighted by Gasteiger charge is -2.03. The fraction of sp³-hybridized carbons (Fsp3) is 0.133. The van der Waals surface area contributed by atoms with Crippen molar-refractivity contribution >= 4 is 11.7 Å². The highest BCUT2D eigenvalue weighted by molar-refractivity contribution is 5.88. The Kier molecular flexibility index (Phi) is 4.39. The molecule has 2 N–H and O–H groups in total. The topological polar surface area (TPSA) is 54.1 Å². The number of aromatic amines is 1. The third-order valence-electron chi connectivity index (χ3n) is 2.57. The Morgan fingerprint density at radius 2 is 2.16 bits per heavy atom. The number of ether oxygens (including phenoxy) is 1. The molecule has 0 saturated carbocycles. The number of carbonyl (C=O) groups is 1. The van der Waals surface area contributed by atoms with Gasteiger partial charge in [0.2, 0.25) is 0 Å². The van der Waals surface area contributed by atoms with Crippen molar-refractivity contribution < 1.29 is 9.53 Å². The van der Waals surface area contributed by atoms with Crippen molar-refractivity contribution in [2.75, 3.05) is 11.9 Å². The van der Waals surface area contributed by atoms with E-state index >= 15 is 0 Å². The fourth-order valence-electron chi connectivity index (χ4n) is 1.61. The molecule has 0 fully saturated rings. The van der Waals surface area contributed by atoms with E-state index in [4.69, 9.17) is 4.74 Å². The third kappa shape index (κ3) is 3.74. The molecule has 4 heteroatoms. The van der Waals surface area contributed by atoms with Gasteiger partial charge in [-0.2, -0.15) is 0 Å². The van der Waals surface area contributed by atoms with Crippen molar-refractivity contribution in [3.05, 3.63) is 66.5 Å². The van der Waals surface area contributed by atoms with Crippen molar-refractivity contribution in [3.8, 4) is 0 Å². The van der Waals surface area contributed by atoms with Gasteiger partial charge < -0.3 is 15.0 Å². The van der Waals surface area contributed by atoms with Crippen molar-refractivity contribution in [1.82, 2.24) is 4.98 Å². The number of carbonyl (C=O) groups excluding carboxylic acids is 1. The van der Waals surface area contributed by atoms with E-state index < -0.39 is 0 Å². The molecule has 0 aliphatic rings. The standard InChI is InChI=1S/C15H16N2O2/c1-2-8-16-13-9-14(17-10-13)15(18)19-11-12-6-4-3-5-7-12/h2-7,9-10,16-17H,1,8,11H2. The van der Waals surface area contributed by atoms with Crippen molar-refractivity contribution in [1.29, 1.82) is 0 Å². The first kappa shape index (κ1) is 13.0. The third-order valence-corrected chi connectivity index (χ3v) is 2.57. The summed E-state index contributed by atoms with van der Waals surface area (Å²) in [5, 5.41) is 3.09. The second-order valence-corrected chi connectivity index (χ2v) is 4.03. The van der Waals surface area contributed by atoms with Crippen LogP contribution in [0.5, 0.6) is 0 Å². The lowest BCUT2D eigenvalue weighted by molar-refractivity contribution is 0.0466. The number of anilines is 1. The SMILES string of the molecule is C=CCNc1c[nH]c(C(=O)OCc2ccccc2)c1. The monoisotopic (exact) mass is 256 g/mol. The van der Waals surface area contributed by atoms with E-state index in [-0.39, 0.29) is 12.6 Å². The molecule has 0 atom stereocenters. The molecule has 1 heterocycles. The molecule has 0 spiro atoms. The minimum atomic E-state index is -0.365. The molecule has 2 rings (SSSR count). The molecule has 19 heavy (non-hydrogen) atoms. The van der Waals surface area contributed by atoms with Gasteiger partial charge in [-0.25, -0.2) is 4.79 Å². The lowest BCUT2D eigenvalue weighted by Crippen LogP contribution is -2.05. The van der Waals surface area contributed by atoms with Crippen LogP contribution in [0.4, 0.5) is 5.69 Å². The summed E-state index contributed by atoms with van der Waals surface area (Å²) in [6.45, 7) is 4.54. The van der Waals surface area contributed by atoms with Gasteiger partial charge >= 0.3 is 5.97 Å². The predicted octanol–water partition coefficient (Wildman–Crippen LogP) is 2.97. The Labute approximate surface area is 112 Å². The average molecular weight is 256 g/mol. The first-order valence-electron chi connectivity index (χ1n) is 6.04. The second kappa shape index (κ2) is 6.44. The second-order valence-electron chi connectivity index (χ2n) is 4.03. The number of aromatic nitrogens is 1. The molecule has 0 bridgehead atoms. The number of hydrogen-bond donors (Lipinski definition) is 2. The van der Waals surface area contributed by atoms with Crippen LogP contribution in [0.2, 0.25) is 0 Å². The van der Waals surface area contributed by atoms with Crippen LogP contribution in [-0.2, 0) is 11.3 Å². The molecule has 0 amide bonds. The van der Waals surface area contributed by atoms with E-state index in [1.807, 2.05) is 30.3 Å². The van der Waals surface area contributed by atoms with Crippen LogP contribution in [0, 0.1) is 0 Å². The summed E-state index contributed by atoms with van der Waals surface area (Å²) in [7, 11) is 0. The lowest BCUT2D eigenvalue weighted by atomic mass is 10.2. The molecule has 0 radical (unpaired) electrons. The first-order valence-corrected chi connectivity index (χ1v) is 6.04. The molecular weight excluding hydrogens is 240 g/mol. The first-order chi connectivity index (χ1) is 9.29. The van der Waals surface area contributed by atoms with E-state index in [0.29, 0.717) is 12.2 Å². The van der Waals surface area contributed by atoms with Gasteiger partial charge in [0.1, 0.15) is 12.3 Å². The molecule has 0 unspecified atom stereocenters. The maximum absolute atomic E-state index is 11.8. The zero-order chi connectivity index (χ0) is 13.5. The van der Waals surface area contributed by atoms with Crippen LogP contribution in [0.15, 0.2) is 55.3 Å². The van der Waals surface area contributed by atoms with Crippen molar-refractivity contribution in [2.24, 2.45) is 0 Å². The molecule has 2 aromatic rings. The highest BCUT2D eigenvalue weighted by Crippen LogP contribution is 2.11. The quantitative estimate of drug-likeness (QED) is 0.617. The number of rotatable bonds is 6. The predicted molar refractivity (Wildman–Crippen MR) is 75.0 cm³/mol. The zero-order valence-electron chi connectivity index (χ0n) is 10.6. The van der Waals surface area contributed by atoms with Crippen LogP contribution in [-0.4, -0.2) is 17.5 Å². The van der Waals surface area contributed by atoms with Crippen LogP contribution >= 0.6 is 0 Å². The van der Waals surface area contributed by atoms with Gasteiger partial charge in [0.05, 0.1) is 5.69 Å². The summed E-state index contributed by atoms with van der Waals surface area (Å²) in [5.41, 5.74) is 2.24. The molecule has 98 valence electrons. The summed E-state index contributed by atoms with van der Waals surface area (Å²) < 4.78 is 5.21. The largest absolute Gasteiger partial charge is 0.456 e. The van der Waals surface area contributed by atoms with Gasteiger partial charge in [-0.1, -0.05) is 36.4 Å². The Morgan fingerprint density at radius 3 is 2.89 bits per heavy atom. The maximum Gasteiger partial charge on any atom is 0.355 e. The fourth-order valence-corrected chi connectivity index (χ4v) is 1.61. The molecule has 4 nitrogen and oxygen atoms in total. The molecular formula is C15H16N2O2. The highest BCUT2D eigenvalue weighted by atomic mass is 16.5. The zero-order valence-corrected chi connectivity index (χ0v) is 10.6. The Morgan fingerprint density at radius 1 is 1.37 bits per heavy atom. The number of esters is 1. The van der Waals surface area contributed by atoms with Crippen LogP contribution in [0.1, 0.15) is 16.1 Å². The molecule has 0 aliphatic heterocycles. The normalized spacial score (nSPS) is 9.89. The Balaban J connectivity index is 1.89. The molecule has 0 saturated heterocycles. The minimum Gasteiger partial charge on any atom is -0.456 e. The van der Waals surface area contributed by atoms with Gasteiger partial charge in [-0.05, 0) is 11.6 Å². The summed E-state index contributed by atoms with van der Waals surface area (Å²) >= 11 is 0. The van der Waals surface area contributed by atoms with E-state index in [2.05, 4.69) is 16.9 Å². The van der Waals surface area contributed by atoms with Crippen molar-refractivity contribution in [3.63, 3.8) is 0 Å². The van der Waals surface area contributed by atoms with E-state index in [9.17, 15) is 4.79 Å². The number of H-pyrrole nitrogens is 1. The number of nitrogens with one attached hydrogen (secondary N) is 2. The van der Waals surface area contributed by atoms with Crippen LogP contribution < -0.4 is 5.32 Å². The number of benzene rings is 1. The maximum atomic E-state index is 11.8. The van der Waals surface area contributed by atoms with Gasteiger partial charge in [0, 0.05) is 12.7 Å². The Bertz CT molecular complexity index is 546. The van der Waals surface area contributed by atoms with E-state index in [1.165, 1.54) is 0 Å². The Hall–Kier alpha value is -2.49.